The van der Waals surface area contributed by atoms with Gasteiger partial charge in [0.05, 0.1) is 0 Å². The van der Waals surface area contributed by atoms with Crippen LogP contribution in [0.1, 0.15) is 21.7 Å². The van der Waals surface area contributed by atoms with E-state index >= 15 is 0 Å². The van der Waals surface area contributed by atoms with Crippen LogP contribution < -0.4 is 5.32 Å². The molecule has 2 rings (SSSR count). The molecule has 1 heterocycles. The van der Waals surface area contributed by atoms with Crippen molar-refractivity contribution in [1.29, 1.82) is 0 Å². The van der Waals surface area contributed by atoms with Crippen molar-refractivity contribution in [1.82, 2.24) is 9.97 Å². The number of benzene rings is 1. The van der Waals surface area contributed by atoms with E-state index in [-0.39, 0.29) is 5.91 Å². The minimum atomic E-state index is -0.211. The van der Waals surface area contributed by atoms with E-state index in [0.717, 1.165) is 17.1 Å². The second-order valence-electron chi connectivity index (χ2n) is 4.47. The van der Waals surface area contributed by atoms with Gasteiger partial charge in [0.15, 0.2) is 5.16 Å². The smallest absolute Gasteiger partial charge is 0.274 e. The number of nitrogens with zero attached hydrogens (tertiary/aromatic N) is 2. The molecular formula is C15H17N3OS2. The van der Waals surface area contributed by atoms with E-state index in [4.69, 9.17) is 0 Å². The SMILES string of the molecule is CSCc1cccc(NC(=O)c2cc(C)nc(SC)n2)c1. The van der Waals surface area contributed by atoms with Gasteiger partial charge in [-0.3, -0.25) is 4.79 Å². The number of rotatable bonds is 5. The van der Waals surface area contributed by atoms with Gasteiger partial charge in [-0.1, -0.05) is 23.9 Å². The van der Waals surface area contributed by atoms with Crippen LogP contribution in [0.5, 0.6) is 0 Å². The zero-order chi connectivity index (χ0) is 15.2. The molecule has 1 aromatic heterocycles. The summed E-state index contributed by atoms with van der Waals surface area (Å²) in [6, 6.07) is 9.55. The summed E-state index contributed by atoms with van der Waals surface area (Å²) in [7, 11) is 0. The summed E-state index contributed by atoms with van der Waals surface area (Å²) in [6.45, 7) is 1.86. The van der Waals surface area contributed by atoms with Crippen molar-refractivity contribution < 1.29 is 4.79 Å². The van der Waals surface area contributed by atoms with Crippen LogP contribution in [0.2, 0.25) is 0 Å². The van der Waals surface area contributed by atoms with Crippen molar-refractivity contribution in [3.8, 4) is 0 Å². The second-order valence-corrected chi connectivity index (χ2v) is 6.11. The Morgan fingerprint density at radius 2 is 2.05 bits per heavy atom. The van der Waals surface area contributed by atoms with Crippen LogP contribution in [0, 0.1) is 6.92 Å². The molecule has 0 spiro atoms. The first kappa shape index (κ1) is 15.9. The van der Waals surface area contributed by atoms with Gasteiger partial charge in [-0.05, 0) is 43.2 Å². The van der Waals surface area contributed by atoms with Gasteiger partial charge in [0.1, 0.15) is 5.69 Å². The lowest BCUT2D eigenvalue weighted by molar-refractivity contribution is 0.102. The molecule has 0 unspecified atom stereocenters. The van der Waals surface area contributed by atoms with Crippen LogP contribution in [0.3, 0.4) is 0 Å². The Balaban J connectivity index is 2.17. The van der Waals surface area contributed by atoms with Crippen LogP contribution in [0.4, 0.5) is 5.69 Å². The minimum absolute atomic E-state index is 0.211. The normalized spacial score (nSPS) is 10.4. The van der Waals surface area contributed by atoms with Gasteiger partial charge in [-0.15, -0.1) is 0 Å². The first-order valence-corrected chi connectivity index (χ1v) is 9.03. The average molecular weight is 319 g/mol. The van der Waals surface area contributed by atoms with Gasteiger partial charge in [0.25, 0.3) is 5.91 Å². The Kier molecular flexibility index (Phi) is 5.64. The van der Waals surface area contributed by atoms with E-state index in [0.29, 0.717) is 10.9 Å². The van der Waals surface area contributed by atoms with E-state index in [1.807, 2.05) is 37.4 Å². The molecule has 0 radical (unpaired) electrons. The van der Waals surface area contributed by atoms with Crippen LogP contribution in [-0.4, -0.2) is 28.4 Å². The molecular weight excluding hydrogens is 302 g/mol. The number of anilines is 1. The molecule has 2 aromatic rings. The van der Waals surface area contributed by atoms with E-state index in [2.05, 4.69) is 21.5 Å². The third-order valence-electron chi connectivity index (χ3n) is 2.74. The fourth-order valence-electron chi connectivity index (χ4n) is 1.85. The quantitative estimate of drug-likeness (QED) is 0.674. The summed E-state index contributed by atoms with van der Waals surface area (Å²) < 4.78 is 0. The van der Waals surface area contributed by atoms with Gasteiger partial charge in [0.2, 0.25) is 0 Å². The highest BCUT2D eigenvalue weighted by Crippen LogP contribution is 2.16. The third-order valence-corrected chi connectivity index (χ3v) is 3.91. The predicted octanol–water partition coefficient (Wildman–Crippen LogP) is 3.62. The second kappa shape index (κ2) is 7.47. The standard InChI is InChI=1S/C15H17N3OS2/c1-10-7-13(18-15(16-10)21-3)14(19)17-12-6-4-5-11(8-12)9-20-2/h4-8H,9H2,1-3H3,(H,17,19). The largest absolute Gasteiger partial charge is 0.321 e. The molecule has 4 nitrogen and oxygen atoms in total. The lowest BCUT2D eigenvalue weighted by Gasteiger charge is -2.08. The third kappa shape index (κ3) is 4.47. The molecule has 0 aliphatic carbocycles. The maximum atomic E-state index is 12.3. The van der Waals surface area contributed by atoms with Crippen molar-refractivity contribution in [2.24, 2.45) is 0 Å². The molecule has 6 heteroatoms. The van der Waals surface area contributed by atoms with E-state index in [1.165, 1.54) is 17.3 Å². The maximum absolute atomic E-state index is 12.3. The Morgan fingerprint density at radius 3 is 2.76 bits per heavy atom. The lowest BCUT2D eigenvalue weighted by Crippen LogP contribution is -2.15. The highest BCUT2D eigenvalue weighted by Gasteiger charge is 2.11. The topological polar surface area (TPSA) is 54.9 Å². The first-order chi connectivity index (χ1) is 10.1. The molecule has 21 heavy (non-hydrogen) atoms. The molecule has 0 atom stereocenters. The van der Waals surface area contributed by atoms with Crippen LogP contribution in [0.25, 0.3) is 0 Å². The van der Waals surface area contributed by atoms with Gasteiger partial charge in [-0.2, -0.15) is 11.8 Å². The van der Waals surface area contributed by atoms with Crippen molar-refractivity contribution in [3.05, 3.63) is 47.3 Å². The number of aromatic nitrogens is 2. The summed E-state index contributed by atoms with van der Waals surface area (Å²) in [5.74, 6) is 0.713. The first-order valence-electron chi connectivity index (χ1n) is 6.41. The molecule has 0 saturated heterocycles. The fourth-order valence-corrected chi connectivity index (χ4v) is 2.79. The zero-order valence-corrected chi connectivity index (χ0v) is 13.8. The Morgan fingerprint density at radius 1 is 1.24 bits per heavy atom. The fraction of sp³-hybridized carbons (Fsp3) is 0.267. The number of amides is 1. The lowest BCUT2D eigenvalue weighted by atomic mass is 10.2. The average Bonchev–Trinajstić information content (AvgIpc) is 2.47. The predicted molar refractivity (Wildman–Crippen MR) is 90.2 cm³/mol. The Labute approximate surface area is 133 Å². The number of carbonyl (C=O) groups excluding carboxylic acids is 1. The number of nitrogens with one attached hydrogen (secondary N) is 1. The van der Waals surface area contributed by atoms with Crippen LogP contribution in [0.15, 0.2) is 35.5 Å². The highest BCUT2D eigenvalue weighted by atomic mass is 32.2. The minimum Gasteiger partial charge on any atom is -0.321 e. The molecule has 0 aliphatic heterocycles. The molecule has 0 aliphatic rings. The molecule has 0 fully saturated rings. The number of carbonyl (C=O) groups is 1. The van der Waals surface area contributed by atoms with Crippen LogP contribution >= 0.6 is 23.5 Å². The number of aryl methyl sites for hydroxylation is 1. The van der Waals surface area contributed by atoms with Crippen molar-refractivity contribution in [2.45, 2.75) is 17.8 Å². The summed E-state index contributed by atoms with van der Waals surface area (Å²) in [6.07, 6.45) is 3.95. The van der Waals surface area contributed by atoms with Gasteiger partial charge >= 0.3 is 0 Å². The zero-order valence-electron chi connectivity index (χ0n) is 12.2. The summed E-state index contributed by atoms with van der Waals surface area (Å²) in [5.41, 5.74) is 3.15. The molecule has 1 N–H and O–H groups in total. The maximum Gasteiger partial charge on any atom is 0.274 e. The van der Waals surface area contributed by atoms with E-state index in [1.54, 1.807) is 17.8 Å². The monoisotopic (exact) mass is 319 g/mol. The molecule has 0 bridgehead atoms. The van der Waals surface area contributed by atoms with Crippen molar-refractivity contribution in [2.75, 3.05) is 17.8 Å². The number of hydrogen-bond acceptors (Lipinski definition) is 5. The van der Waals surface area contributed by atoms with Crippen molar-refractivity contribution in [3.63, 3.8) is 0 Å². The summed E-state index contributed by atoms with van der Waals surface area (Å²) in [4.78, 5) is 20.8. The summed E-state index contributed by atoms with van der Waals surface area (Å²) in [5, 5.41) is 3.50. The van der Waals surface area contributed by atoms with Gasteiger partial charge < -0.3 is 5.32 Å². The molecule has 0 saturated carbocycles. The van der Waals surface area contributed by atoms with E-state index in [9.17, 15) is 4.79 Å². The summed E-state index contributed by atoms with van der Waals surface area (Å²) >= 11 is 3.17. The molecule has 1 amide bonds. The molecule has 110 valence electrons. The highest BCUT2D eigenvalue weighted by molar-refractivity contribution is 7.98. The van der Waals surface area contributed by atoms with E-state index < -0.39 is 0 Å². The van der Waals surface area contributed by atoms with Gasteiger partial charge in [0, 0.05) is 17.1 Å². The number of thioether (sulfide) groups is 2. The van der Waals surface area contributed by atoms with Gasteiger partial charge in [-0.25, -0.2) is 9.97 Å². The van der Waals surface area contributed by atoms with Crippen molar-refractivity contribution >= 4 is 35.1 Å². The Hall–Kier alpha value is -1.53. The molecule has 1 aromatic carbocycles. The Bertz CT molecular complexity index is 647. The van der Waals surface area contributed by atoms with Crippen LogP contribution in [-0.2, 0) is 5.75 Å². The number of hydrogen-bond donors (Lipinski definition) is 1.